The number of rotatable bonds is 5. The molecule has 0 unspecified atom stereocenters. The van der Waals surface area contributed by atoms with Gasteiger partial charge in [-0.2, -0.15) is 0 Å². The van der Waals surface area contributed by atoms with Gasteiger partial charge in [-0.25, -0.2) is 0 Å². The van der Waals surface area contributed by atoms with Crippen molar-refractivity contribution in [3.05, 3.63) is 41.5 Å². The molecule has 1 saturated carbocycles. The molecule has 24 heavy (non-hydrogen) atoms. The minimum atomic E-state index is -0.308. The third kappa shape index (κ3) is 2.91. The molecule has 1 aliphatic carbocycles. The fourth-order valence-corrected chi connectivity index (χ4v) is 3.64. The topological polar surface area (TPSA) is 63.4 Å². The third-order valence-electron chi connectivity index (χ3n) is 5.15. The maximum atomic E-state index is 10.2. The van der Waals surface area contributed by atoms with Crippen molar-refractivity contribution >= 4 is 0 Å². The van der Waals surface area contributed by atoms with E-state index in [-0.39, 0.29) is 12.1 Å². The summed E-state index contributed by atoms with van der Waals surface area (Å²) in [6.45, 7) is 1.36. The normalized spacial score (nSPS) is 24.5. The molecule has 1 aromatic carbocycles. The van der Waals surface area contributed by atoms with Gasteiger partial charge in [-0.15, -0.1) is 10.2 Å². The number of β-amino-alcohol motifs (C(OH)–C–C–N with tert-alkyl or cyclic N) is 1. The minimum Gasteiger partial charge on any atom is -0.497 e. The highest BCUT2D eigenvalue weighted by atomic mass is 16.5. The van der Waals surface area contributed by atoms with Gasteiger partial charge in [0.15, 0.2) is 0 Å². The molecule has 2 atom stereocenters. The lowest BCUT2D eigenvalue weighted by molar-refractivity contribution is 0.170. The summed E-state index contributed by atoms with van der Waals surface area (Å²) in [5, 5.41) is 19.0. The van der Waals surface area contributed by atoms with Gasteiger partial charge in [-0.05, 0) is 37.0 Å². The summed E-state index contributed by atoms with van der Waals surface area (Å²) < 4.78 is 7.47. The Bertz CT molecular complexity index is 726. The third-order valence-corrected chi connectivity index (χ3v) is 5.15. The quantitative estimate of drug-likeness (QED) is 0.910. The number of methoxy groups -OCH3 is 1. The maximum Gasteiger partial charge on any atom is 0.146 e. The van der Waals surface area contributed by atoms with E-state index in [1.165, 1.54) is 18.4 Å². The van der Waals surface area contributed by atoms with Gasteiger partial charge in [-0.1, -0.05) is 12.1 Å². The first-order valence-corrected chi connectivity index (χ1v) is 8.60. The van der Waals surface area contributed by atoms with Crippen LogP contribution in [0.2, 0.25) is 0 Å². The zero-order valence-electron chi connectivity index (χ0n) is 14.2. The van der Waals surface area contributed by atoms with Crippen molar-refractivity contribution in [2.75, 3.05) is 13.7 Å². The highest BCUT2D eigenvalue weighted by molar-refractivity contribution is 5.31. The summed E-state index contributed by atoms with van der Waals surface area (Å²) in [6.07, 6.45) is 2.87. The average Bonchev–Trinajstić information content (AvgIpc) is 3.28. The Morgan fingerprint density at radius 1 is 1.29 bits per heavy atom. The average molecular weight is 328 g/mol. The summed E-state index contributed by atoms with van der Waals surface area (Å²) in [5.74, 6) is 3.51. The van der Waals surface area contributed by atoms with E-state index in [1.807, 2.05) is 12.1 Å². The highest BCUT2D eigenvalue weighted by Gasteiger charge is 2.34. The number of aliphatic hydroxyl groups is 1. The molecule has 0 bridgehead atoms. The first-order chi connectivity index (χ1) is 11.7. The predicted octanol–water partition coefficient (Wildman–Crippen LogP) is 2.01. The molecule has 6 heteroatoms. The van der Waals surface area contributed by atoms with Crippen LogP contribution in [-0.4, -0.2) is 44.5 Å². The van der Waals surface area contributed by atoms with Gasteiger partial charge in [0.1, 0.15) is 17.4 Å². The predicted molar refractivity (Wildman–Crippen MR) is 89.7 cm³/mol. The van der Waals surface area contributed by atoms with E-state index < -0.39 is 0 Å². The van der Waals surface area contributed by atoms with Crippen LogP contribution in [-0.2, 0) is 13.6 Å². The Labute approximate surface area is 142 Å². The Morgan fingerprint density at radius 2 is 2.12 bits per heavy atom. The molecular formula is C18H24N4O2. The molecule has 0 radical (unpaired) electrons. The molecule has 1 N–H and O–H groups in total. The number of aliphatic hydroxyl groups excluding tert-OH is 1. The summed E-state index contributed by atoms with van der Waals surface area (Å²) in [5.41, 5.74) is 1.18. The van der Waals surface area contributed by atoms with Crippen LogP contribution in [0.5, 0.6) is 5.75 Å². The Kier molecular flexibility index (Phi) is 4.02. The number of aromatic nitrogens is 3. The van der Waals surface area contributed by atoms with Crippen LogP contribution in [0.4, 0.5) is 0 Å². The minimum absolute atomic E-state index is 0.177. The molecule has 1 aromatic heterocycles. The zero-order valence-corrected chi connectivity index (χ0v) is 14.2. The number of hydrogen-bond acceptors (Lipinski definition) is 5. The number of nitrogens with zero attached hydrogens (tertiary/aromatic N) is 4. The SMILES string of the molecule is COc1cccc([C@H]2C[C@H](O)CN2Cc2nnc(C3CC3)n2C)c1. The van der Waals surface area contributed by atoms with Crippen molar-refractivity contribution < 1.29 is 9.84 Å². The summed E-state index contributed by atoms with van der Waals surface area (Å²) in [6, 6.07) is 8.29. The highest BCUT2D eigenvalue weighted by Crippen LogP contribution is 2.39. The van der Waals surface area contributed by atoms with Crippen LogP contribution in [0.15, 0.2) is 24.3 Å². The summed E-state index contributed by atoms with van der Waals surface area (Å²) in [4.78, 5) is 2.29. The fourth-order valence-electron chi connectivity index (χ4n) is 3.64. The molecule has 2 aliphatic rings. The first kappa shape index (κ1) is 15.6. The largest absolute Gasteiger partial charge is 0.497 e. The van der Waals surface area contributed by atoms with Crippen molar-refractivity contribution in [3.8, 4) is 5.75 Å². The molecule has 4 rings (SSSR count). The van der Waals surface area contributed by atoms with Crippen molar-refractivity contribution in [1.82, 2.24) is 19.7 Å². The lowest BCUT2D eigenvalue weighted by Gasteiger charge is -2.24. The molecule has 1 saturated heterocycles. The first-order valence-electron chi connectivity index (χ1n) is 8.60. The van der Waals surface area contributed by atoms with Crippen molar-refractivity contribution in [2.24, 2.45) is 7.05 Å². The van der Waals surface area contributed by atoms with Crippen LogP contribution in [0.3, 0.4) is 0 Å². The van der Waals surface area contributed by atoms with Crippen molar-refractivity contribution in [1.29, 1.82) is 0 Å². The van der Waals surface area contributed by atoms with Gasteiger partial charge in [0.25, 0.3) is 0 Å². The maximum absolute atomic E-state index is 10.2. The summed E-state index contributed by atoms with van der Waals surface area (Å²) >= 11 is 0. The zero-order chi connectivity index (χ0) is 16.7. The second-order valence-electron chi connectivity index (χ2n) is 6.92. The van der Waals surface area contributed by atoms with Crippen molar-refractivity contribution in [2.45, 2.75) is 43.9 Å². The lowest BCUT2D eigenvalue weighted by atomic mass is 10.0. The van der Waals surface area contributed by atoms with Gasteiger partial charge in [0.2, 0.25) is 0 Å². The van der Waals surface area contributed by atoms with E-state index in [4.69, 9.17) is 4.74 Å². The van der Waals surface area contributed by atoms with Crippen LogP contribution in [0.1, 0.15) is 48.4 Å². The standard InChI is InChI=1S/C18H24N4O2/c1-21-17(19-20-18(21)12-6-7-12)11-22-10-14(23)9-16(22)13-4-3-5-15(8-13)24-2/h3-5,8,12,14,16,23H,6-7,9-11H2,1-2H3/t14-,16+/m0/s1. The van der Waals surface area contributed by atoms with E-state index in [0.29, 0.717) is 19.0 Å². The number of likely N-dealkylation sites (tertiary alicyclic amines) is 1. The van der Waals surface area contributed by atoms with E-state index in [2.05, 4.69) is 38.8 Å². The lowest BCUT2D eigenvalue weighted by Crippen LogP contribution is -2.26. The van der Waals surface area contributed by atoms with E-state index in [9.17, 15) is 5.11 Å². The molecule has 0 spiro atoms. The fraction of sp³-hybridized carbons (Fsp3) is 0.556. The molecule has 0 amide bonds. The van der Waals surface area contributed by atoms with Gasteiger partial charge in [0, 0.05) is 25.6 Å². The van der Waals surface area contributed by atoms with Crippen LogP contribution in [0, 0.1) is 0 Å². The molecule has 128 valence electrons. The van der Waals surface area contributed by atoms with Crippen molar-refractivity contribution in [3.63, 3.8) is 0 Å². The second-order valence-corrected chi connectivity index (χ2v) is 6.92. The molecular weight excluding hydrogens is 304 g/mol. The van der Waals surface area contributed by atoms with E-state index >= 15 is 0 Å². The molecule has 1 aliphatic heterocycles. The number of hydrogen-bond donors (Lipinski definition) is 1. The second kappa shape index (κ2) is 6.18. The van der Waals surface area contributed by atoms with Gasteiger partial charge < -0.3 is 14.4 Å². The van der Waals surface area contributed by atoms with Crippen LogP contribution < -0.4 is 4.74 Å². The van der Waals surface area contributed by atoms with Crippen LogP contribution >= 0.6 is 0 Å². The van der Waals surface area contributed by atoms with Gasteiger partial charge in [-0.3, -0.25) is 4.90 Å². The van der Waals surface area contributed by atoms with Gasteiger partial charge >= 0.3 is 0 Å². The molecule has 2 fully saturated rings. The van der Waals surface area contributed by atoms with Crippen LogP contribution in [0.25, 0.3) is 0 Å². The molecule has 2 aromatic rings. The Morgan fingerprint density at radius 3 is 2.88 bits per heavy atom. The monoisotopic (exact) mass is 328 g/mol. The molecule has 2 heterocycles. The van der Waals surface area contributed by atoms with Gasteiger partial charge in [0.05, 0.1) is 19.8 Å². The Balaban J connectivity index is 1.56. The van der Waals surface area contributed by atoms with E-state index in [1.54, 1.807) is 7.11 Å². The van der Waals surface area contributed by atoms with E-state index in [0.717, 1.165) is 23.8 Å². The Hall–Kier alpha value is -1.92. The number of benzene rings is 1. The summed E-state index contributed by atoms with van der Waals surface area (Å²) in [7, 11) is 3.73. The smallest absolute Gasteiger partial charge is 0.146 e. The molecule has 6 nitrogen and oxygen atoms in total. The number of ether oxygens (including phenoxy) is 1.